The maximum Gasteiger partial charge on any atom is 0.175 e. The molecule has 0 unspecified atom stereocenters. The highest BCUT2D eigenvalue weighted by Gasteiger charge is 2.05. The molecule has 0 aliphatic heterocycles. The minimum Gasteiger partial charge on any atom is -0.313 e. The standard InChI is InChI=1S/C14H23NO2S/c1-12(2)5-4-10-15-11-13-6-8-14(9-7-13)18(3,16)17/h6-9,12,15H,4-5,10-11H2,1-3H3. The molecule has 0 bridgehead atoms. The Bertz CT molecular complexity index is 449. The predicted octanol–water partition coefficient (Wildman–Crippen LogP) is 2.62. The molecule has 1 aromatic rings. The lowest BCUT2D eigenvalue weighted by Crippen LogP contribution is -2.15. The van der Waals surface area contributed by atoms with Crippen molar-refractivity contribution in [1.82, 2.24) is 5.32 Å². The molecule has 0 saturated carbocycles. The number of rotatable bonds is 7. The number of benzene rings is 1. The summed E-state index contributed by atoms with van der Waals surface area (Å²) in [5, 5.41) is 3.37. The van der Waals surface area contributed by atoms with Gasteiger partial charge in [-0.2, -0.15) is 0 Å². The summed E-state index contributed by atoms with van der Waals surface area (Å²) in [7, 11) is -3.08. The average Bonchev–Trinajstić information content (AvgIpc) is 2.27. The molecule has 0 aliphatic rings. The summed E-state index contributed by atoms with van der Waals surface area (Å²) in [5.74, 6) is 0.751. The topological polar surface area (TPSA) is 46.2 Å². The molecule has 0 saturated heterocycles. The summed E-state index contributed by atoms with van der Waals surface area (Å²) in [5.41, 5.74) is 1.12. The van der Waals surface area contributed by atoms with E-state index in [-0.39, 0.29) is 0 Å². The lowest BCUT2D eigenvalue weighted by molar-refractivity contribution is 0.527. The Hall–Kier alpha value is -0.870. The minimum absolute atomic E-state index is 0.381. The van der Waals surface area contributed by atoms with Crippen LogP contribution in [-0.4, -0.2) is 21.2 Å². The normalized spacial score (nSPS) is 12.0. The fourth-order valence-electron chi connectivity index (χ4n) is 1.72. The van der Waals surface area contributed by atoms with Crippen LogP contribution in [-0.2, 0) is 16.4 Å². The zero-order valence-corrected chi connectivity index (χ0v) is 12.3. The molecule has 0 spiro atoms. The van der Waals surface area contributed by atoms with Crippen LogP contribution < -0.4 is 5.32 Å². The van der Waals surface area contributed by atoms with Crippen LogP contribution in [0.25, 0.3) is 0 Å². The third kappa shape index (κ3) is 5.65. The molecular weight excluding hydrogens is 246 g/mol. The largest absolute Gasteiger partial charge is 0.313 e. The Balaban J connectivity index is 2.36. The van der Waals surface area contributed by atoms with E-state index in [0.29, 0.717) is 4.90 Å². The van der Waals surface area contributed by atoms with Crippen molar-refractivity contribution in [2.75, 3.05) is 12.8 Å². The van der Waals surface area contributed by atoms with Crippen LogP contribution in [0, 0.1) is 5.92 Å². The summed E-state index contributed by atoms with van der Waals surface area (Å²) in [6.45, 7) is 6.25. The SMILES string of the molecule is CC(C)CCCNCc1ccc(S(C)(=O)=O)cc1. The van der Waals surface area contributed by atoms with Crippen molar-refractivity contribution in [3.8, 4) is 0 Å². The van der Waals surface area contributed by atoms with E-state index in [9.17, 15) is 8.42 Å². The first-order valence-corrected chi connectivity index (χ1v) is 8.28. The van der Waals surface area contributed by atoms with E-state index < -0.39 is 9.84 Å². The molecule has 1 rings (SSSR count). The summed E-state index contributed by atoms with van der Waals surface area (Å²) < 4.78 is 22.6. The fraction of sp³-hybridized carbons (Fsp3) is 0.571. The van der Waals surface area contributed by atoms with Gasteiger partial charge in [-0.15, -0.1) is 0 Å². The first kappa shape index (κ1) is 15.2. The summed E-state index contributed by atoms with van der Waals surface area (Å²) in [4.78, 5) is 0.381. The lowest BCUT2D eigenvalue weighted by atomic mass is 10.1. The van der Waals surface area contributed by atoms with Gasteiger partial charge < -0.3 is 5.32 Å². The van der Waals surface area contributed by atoms with Crippen molar-refractivity contribution in [2.45, 2.75) is 38.1 Å². The molecule has 0 fully saturated rings. The third-order valence-corrected chi connectivity index (χ3v) is 3.94. The quantitative estimate of drug-likeness (QED) is 0.774. The monoisotopic (exact) mass is 269 g/mol. The molecule has 1 aromatic carbocycles. The fourth-order valence-corrected chi connectivity index (χ4v) is 2.35. The van der Waals surface area contributed by atoms with Crippen LogP contribution in [0.15, 0.2) is 29.2 Å². The van der Waals surface area contributed by atoms with Crippen LogP contribution >= 0.6 is 0 Å². The van der Waals surface area contributed by atoms with Gasteiger partial charge in [0.1, 0.15) is 0 Å². The van der Waals surface area contributed by atoms with E-state index in [1.807, 2.05) is 12.1 Å². The van der Waals surface area contributed by atoms with Gasteiger partial charge in [-0.05, 0) is 43.0 Å². The molecule has 4 heteroatoms. The van der Waals surface area contributed by atoms with Crippen LogP contribution in [0.1, 0.15) is 32.3 Å². The smallest absolute Gasteiger partial charge is 0.175 e. The highest BCUT2D eigenvalue weighted by molar-refractivity contribution is 7.90. The summed E-state index contributed by atoms with van der Waals surface area (Å²) in [6.07, 6.45) is 3.64. The Morgan fingerprint density at radius 2 is 1.78 bits per heavy atom. The van der Waals surface area contributed by atoms with E-state index in [1.165, 1.54) is 19.1 Å². The molecule has 3 nitrogen and oxygen atoms in total. The second kappa shape index (κ2) is 6.90. The number of hydrogen-bond donors (Lipinski definition) is 1. The van der Waals surface area contributed by atoms with Gasteiger partial charge >= 0.3 is 0 Å². The Labute approximate surface area is 111 Å². The maximum atomic E-state index is 11.3. The highest BCUT2D eigenvalue weighted by Crippen LogP contribution is 2.10. The van der Waals surface area contributed by atoms with Crippen molar-refractivity contribution in [1.29, 1.82) is 0 Å². The van der Waals surface area contributed by atoms with Gasteiger partial charge in [0.05, 0.1) is 4.90 Å². The second-order valence-electron chi connectivity index (χ2n) is 5.13. The first-order chi connectivity index (χ1) is 8.39. The van der Waals surface area contributed by atoms with Gasteiger partial charge in [-0.3, -0.25) is 0 Å². The molecule has 0 aliphatic carbocycles. The van der Waals surface area contributed by atoms with Crippen molar-refractivity contribution in [3.63, 3.8) is 0 Å². The van der Waals surface area contributed by atoms with Gasteiger partial charge in [-0.1, -0.05) is 26.0 Å². The van der Waals surface area contributed by atoms with Crippen LogP contribution in [0.5, 0.6) is 0 Å². The molecule has 1 N–H and O–H groups in total. The predicted molar refractivity (Wildman–Crippen MR) is 75.3 cm³/mol. The first-order valence-electron chi connectivity index (χ1n) is 6.39. The van der Waals surface area contributed by atoms with Crippen molar-refractivity contribution < 1.29 is 8.42 Å². The zero-order valence-electron chi connectivity index (χ0n) is 11.4. The van der Waals surface area contributed by atoms with Gasteiger partial charge in [0.15, 0.2) is 9.84 Å². The number of sulfone groups is 1. The Kier molecular flexibility index (Phi) is 5.82. The van der Waals surface area contributed by atoms with Gasteiger partial charge in [0.2, 0.25) is 0 Å². The van der Waals surface area contributed by atoms with Crippen LogP contribution in [0.2, 0.25) is 0 Å². The second-order valence-corrected chi connectivity index (χ2v) is 7.14. The molecule has 0 aromatic heterocycles. The van der Waals surface area contributed by atoms with Gasteiger partial charge in [0.25, 0.3) is 0 Å². The molecule has 102 valence electrons. The van der Waals surface area contributed by atoms with E-state index in [4.69, 9.17) is 0 Å². The summed E-state index contributed by atoms with van der Waals surface area (Å²) >= 11 is 0. The van der Waals surface area contributed by atoms with Gasteiger partial charge in [0, 0.05) is 12.8 Å². The molecule has 0 heterocycles. The Morgan fingerprint density at radius 3 is 2.28 bits per heavy atom. The van der Waals surface area contributed by atoms with Gasteiger partial charge in [-0.25, -0.2) is 8.42 Å². The number of nitrogens with one attached hydrogen (secondary N) is 1. The molecule has 18 heavy (non-hydrogen) atoms. The highest BCUT2D eigenvalue weighted by atomic mass is 32.2. The summed E-state index contributed by atoms with van der Waals surface area (Å²) in [6, 6.07) is 7.07. The molecular formula is C14H23NO2S. The minimum atomic E-state index is -3.08. The van der Waals surface area contributed by atoms with E-state index in [0.717, 1.165) is 24.6 Å². The third-order valence-electron chi connectivity index (χ3n) is 2.82. The lowest BCUT2D eigenvalue weighted by Gasteiger charge is -2.07. The molecule has 0 radical (unpaired) electrons. The van der Waals surface area contributed by atoms with Crippen molar-refractivity contribution in [3.05, 3.63) is 29.8 Å². The van der Waals surface area contributed by atoms with Crippen LogP contribution in [0.4, 0.5) is 0 Å². The number of hydrogen-bond acceptors (Lipinski definition) is 3. The molecule has 0 amide bonds. The zero-order chi connectivity index (χ0) is 13.6. The van der Waals surface area contributed by atoms with E-state index in [2.05, 4.69) is 19.2 Å². The van der Waals surface area contributed by atoms with Crippen molar-refractivity contribution >= 4 is 9.84 Å². The van der Waals surface area contributed by atoms with Crippen LogP contribution in [0.3, 0.4) is 0 Å². The average molecular weight is 269 g/mol. The van der Waals surface area contributed by atoms with Crippen molar-refractivity contribution in [2.24, 2.45) is 5.92 Å². The Morgan fingerprint density at radius 1 is 1.17 bits per heavy atom. The van der Waals surface area contributed by atoms with E-state index >= 15 is 0 Å². The van der Waals surface area contributed by atoms with E-state index in [1.54, 1.807) is 12.1 Å². The molecule has 0 atom stereocenters. The maximum absolute atomic E-state index is 11.3.